The minimum absolute atomic E-state index is 0.187. The number of anilines is 1. The van der Waals surface area contributed by atoms with Gasteiger partial charge < -0.3 is 4.42 Å². The number of nitrogens with zero attached hydrogens (tertiary/aromatic N) is 6. The maximum Gasteiger partial charge on any atom is 0.258 e. The van der Waals surface area contributed by atoms with Crippen LogP contribution < -0.4 is 5.32 Å². The van der Waals surface area contributed by atoms with Gasteiger partial charge in [-0.1, -0.05) is 0 Å². The van der Waals surface area contributed by atoms with Gasteiger partial charge in [0.15, 0.2) is 0 Å². The highest BCUT2D eigenvalue weighted by Gasteiger charge is 2.13. The number of fused-ring (bicyclic) bond motifs is 1. The van der Waals surface area contributed by atoms with E-state index in [1.807, 2.05) is 19.9 Å². The molecule has 0 aliphatic carbocycles. The fourth-order valence-corrected chi connectivity index (χ4v) is 2.43. The first-order valence-electron chi connectivity index (χ1n) is 7.47. The quantitative estimate of drug-likeness (QED) is 0.610. The third-order valence-corrected chi connectivity index (χ3v) is 3.62. The summed E-state index contributed by atoms with van der Waals surface area (Å²) >= 11 is 0. The second-order valence-electron chi connectivity index (χ2n) is 5.43. The minimum atomic E-state index is -0.348. The maximum atomic E-state index is 12.5. The molecule has 25 heavy (non-hydrogen) atoms. The molecule has 124 valence electrons. The Hall–Kier alpha value is -3.62. The molecule has 1 amide bonds. The van der Waals surface area contributed by atoms with Crippen molar-refractivity contribution in [2.24, 2.45) is 0 Å². The van der Waals surface area contributed by atoms with Gasteiger partial charge in [0.1, 0.15) is 24.2 Å². The number of amides is 1. The molecule has 1 N–H and O–H groups in total. The summed E-state index contributed by atoms with van der Waals surface area (Å²) in [5, 5.41) is 11.0. The Labute approximate surface area is 141 Å². The molecule has 4 aromatic heterocycles. The van der Waals surface area contributed by atoms with Crippen molar-refractivity contribution in [3.63, 3.8) is 0 Å². The highest BCUT2D eigenvalue weighted by atomic mass is 16.3. The molecule has 0 atom stereocenters. The van der Waals surface area contributed by atoms with E-state index in [0.717, 1.165) is 16.8 Å². The largest absolute Gasteiger partial charge is 0.443 e. The van der Waals surface area contributed by atoms with Crippen LogP contribution in [0, 0.1) is 13.8 Å². The monoisotopic (exact) mass is 335 g/mol. The van der Waals surface area contributed by atoms with E-state index in [2.05, 4.69) is 30.5 Å². The topological polar surface area (TPSA) is 112 Å². The molecule has 0 saturated heterocycles. The van der Waals surface area contributed by atoms with Crippen LogP contribution in [0.4, 0.5) is 5.95 Å². The Kier molecular flexibility index (Phi) is 3.46. The van der Waals surface area contributed by atoms with E-state index in [-0.39, 0.29) is 11.9 Å². The first kappa shape index (κ1) is 14.9. The fourth-order valence-electron chi connectivity index (χ4n) is 2.43. The van der Waals surface area contributed by atoms with E-state index in [4.69, 9.17) is 4.42 Å². The van der Waals surface area contributed by atoms with Crippen LogP contribution in [-0.2, 0) is 0 Å². The molecule has 0 aliphatic heterocycles. The van der Waals surface area contributed by atoms with Gasteiger partial charge in [-0.15, -0.1) is 10.2 Å². The van der Waals surface area contributed by atoms with Crippen LogP contribution in [0.25, 0.3) is 16.9 Å². The van der Waals surface area contributed by atoms with Gasteiger partial charge in [0.05, 0.1) is 11.1 Å². The lowest BCUT2D eigenvalue weighted by atomic mass is 10.2. The molecule has 0 spiro atoms. The summed E-state index contributed by atoms with van der Waals surface area (Å²) in [4.78, 5) is 25.2. The first-order chi connectivity index (χ1) is 12.1. The number of aryl methyl sites for hydroxylation is 2. The second kappa shape index (κ2) is 5.78. The van der Waals surface area contributed by atoms with Crippen molar-refractivity contribution >= 4 is 23.0 Å². The molecule has 0 aliphatic rings. The van der Waals surface area contributed by atoms with E-state index >= 15 is 0 Å². The molecule has 4 heterocycles. The third kappa shape index (κ3) is 2.82. The summed E-state index contributed by atoms with van der Waals surface area (Å²) in [6.45, 7) is 3.67. The highest BCUT2D eigenvalue weighted by molar-refractivity contribution is 6.03. The lowest BCUT2D eigenvalue weighted by molar-refractivity contribution is 0.102. The molecule has 4 aromatic rings. The summed E-state index contributed by atoms with van der Waals surface area (Å²) in [7, 11) is 0. The normalized spacial score (nSPS) is 11.0. The van der Waals surface area contributed by atoms with Gasteiger partial charge in [-0.25, -0.2) is 9.97 Å². The molecule has 0 fully saturated rings. The van der Waals surface area contributed by atoms with Crippen molar-refractivity contribution in [2.45, 2.75) is 13.8 Å². The van der Waals surface area contributed by atoms with Crippen LogP contribution in [0.15, 0.2) is 41.5 Å². The molecule has 4 rings (SSSR count). The van der Waals surface area contributed by atoms with Gasteiger partial charge in [0, 0.05) is 11.8 Å². The lowest BCUT2D eigenvalue weighted by Crippen LogP contribution is -2.15. The van der Waals surface area contributed by atoms with Crippen LogP contribution in [0.3, 0.4) is 0 Å². The van der Waals surface area contributed by atoms with Crippen molar-refractivity contribution < 1.29 is 9.21 Å². The van der Waals surface area contributed by atoms with E-state index in [1.54, 1.807) is 16.7 Å². The minimum Gasteiger partial charge on any atom is -0.443 e. The van der Waals surface area contributed by atoms with Crippen LogP contribution in [0.5, 0.6) is 0 Å². The molecular weight excluding hydrogens is 322 g/mol. The Morgan fingerprint density at radius 1 is 1.16 bits per heavy atom. The molecule has 0 saturated carbocycles. The average molecular weight is 335 g/mol. The predicted octanol–water partition coefficient (Wildman–Crippen LogP) is 2.07. The van der Waals surface area contributed by atoms with E-state index < -0.39 is 0 Å². The fraction of sp³-hybridized carbons (Fsp3) is 0.125. The van der Waals surface area contributed by atoms with E-state index in [1.165, 1.54) is 18.9 Å². The third-order valence-electron chi connectivity index (χ3n) is 3.62. The van der Waals surface area contributed by atoms with Gasteiger partial charge in [0.2, 0.25) is 11.7 Å². The number of pyridine rings is 1. The van der Waals surface area contributed by atoms with Crippen molar-refractivity contribution in [3.05, 3.63) is 54.1 Å². The number of carbonyl (C=O) groups is 1. The van der Waals surface area contributed by atoms with E-state index in [0.29, 0.717) is 17.1 Å². The number of hydrogen-bond acceptors (Lipinski definition) is 7. The number of carbonyl (C=O) groups excluding carboxylic acids is 1. The molecule has 0 aromatic carbocycles. The van der Waals surface area contributed by atoms with Crippen LogP contribution >= 0.6 is 0 Å². The second-order valence-corrected chi connectivity index (χ2v) is 5.43. The first-order valence-corrected chi connectivity index (χ1v) is 7.47. The van der Waals surface area contributed by atoms with Gasteiger partial charge in [-0.2, -0.15) is 4.98 Å². The number of nitrogens with one attached hydrogen (secondary N) is 1. The zero-order valence-electron chi connectivity index (χ0n) is 13.5. The zero-order chi connectivity index (χ0) is 17.4. The SMILES string of the molecule is Cc1cc2c(C)nc(NC(=O)c3ccnc(-n4cnnc4)c3)nc2o1. The molecule has 0 unspecified atom stereocenters. The highest BCUT2D eigenvalue weighted by Crippen LogP contribution is 2.21. The average Bonchev–Trinajstić information content (AvgIpc) is 3.24. The van der Waals surface area contributed by atoms with Gasteiger partial charge in [-0.05, 0) is 32.0 Å². The molecule has 9 heteroatoms. The van der Waals surface area contributed by atoms with Crippen molar-refractivity contribution in [1.29, 1.82) is 0 Å². The summed E-state index contributed by atoms with van der Waals surface area (Å²) in [6.07, 6.45) is 4.54. The van der Waals surface area contributed by atoms with Gasteiger partial charge in [-0.3, -0.25) is 14.7 Å². The number of hydrogen-bond donors (Lipinski definition) is 1. The van der Waals surface area contributed by atoms with Crippen molar-refractivity contribution in [3.8, 4) is 5.82 Å². The van der Waals surface area contributed by atoms with Crippen LogP contribution in [-0.4, -0.2) is 35.6 Å². The standard InChI is InChI=1S/C16H13N7O2/c1-9-5-12-10(2)20-16(22-15(12)25-9)21-14(24)11-3-4-17-13(6-11)23-7-18-19-8-23/h3-8H,1-2H3,(H,20,21,22,24). The molecule has 0 bridgehead atoms. The Balaban J connectivity index is 1.63. The molecular formula is C16H13N7O2. The van der Waals surface area contributed by atoms with Crippen LogP contribution in [0.1, 0.15) is 21.8 Å². The number of aromatic nitrogens is 6. The Morgan fingerprint density at radius 2 is 1.96 bits per heavy atom. The Morgan fingerprint density at radius 3 is 2.76 bits per heavy atom. The van der Waals surface area contributed by atoms with Crippen molar-refractivity contribution in [1.82, 2.24) is 29.7 Å². The van der Waals surface area contributed by atoms with Crippen molar-refractivity contribution in [2.75, 3.05) is 5.32 Å². The summed E-state index contributed by atoms with van der Waals surface area (Å²) < 4.78 is 7.12. The van der Waals surface area contributed by atoms with Gasteiger partial charge in [0.25, 0.3) is 5.91 Å². The zero-order valence-corrected chi connectivity index (χ0v) is 13.5. The Bertz CT molecular complexity index is 1070. The van der Waals surface area contributed by atoms with E-state index in [9.17, 15) is 4.79 Å². The van der Waals surface area contributed by atoms with Gasteiger partial charge >= 0.3 is 0 Å². The molecule has 9 nitrogen and oxygen atoms in total. The predicted molar refractivity (Wildman–Crippen MR) is 88.4 cm³/mol. The van der Waals surface area contributed by atoms with Crippen LogP contribution in [0.2, 0.25) is 0 Å². The number of furan rings is 1. The lowest BCUT2D eigenvalue weighted by Gasteiger charge is -2.06. The summed E-state index contributed by atoms with van der Waals surface area (Å²) in [6, 6.07) is 5.09. The smallest absolute Gasteiger partial charge is 0.258 e. The number of rotatable bonds is 3. The molecule has 0 radical (unpaired) electrons. The maximum absolute atomic E-state index is 12.5. The summed E-state index contributed by atoms with van der Waals surface area (Å²) in [5.41, 5.74) is 1.59. The summed E-state index contributed by atoms with van der Waals surface area (Å²) in [5.74, 6) is 1.11.